The van der Waals surface area contributed by atoms with Crippen molar-refractivity contribution in [3.8, 4) is 0 Å². The molecule has 2 amide bonds. The van der Waals surface area contributed by atoms with Gasteiger partial charge in [-0.05, 0) is 22.3 Å². The number of carbonyl (C=O) groups excluding carboxylic acids is 2. The van der Waals surface area contributed by atoms with Crippen molar-refractivity contribution in [1.82, 2.24) is 0 Å². The number of allylic oxidation sites excluding steroid dienone is 3. The summed E-state index contributed by atoms with van der Waals surface area (Å²) < 4.78 is 42.4. The second-order valence-electron chi connectivity index (χ2n) is 8.78. The molecule has 3 aliphatic rings. The fourth-order valence-corrected chi connectivity index (χ4v) is 5.77. The molecule has 3 aromatic rings. The van der Waals surface area contributed by atoms with Crippen LogP contribution in [0.4, 0.5) is 18.9 Å². The molecule has 3 aromatic carbocycles. The molecule has 0 aromatic heterocycles. The lowest BCUT2D eigenvalue weighted by Gasteiger charge is -2.22. The van der Waals surface area contributed by atoms with E-state index >= 15 is 0 Å². The maximum absolute atomic E-state index is 14.5. The van der Waals surface area contributed by atoms with Gasteiger partial charge in [0.2, 0.25) is 11.8 Å². The molecule has 4 unspecified atom stereocenters. The zero-order valence-corrected chi connectivity index (χ0v) is 17.8. The van der Waals surface area contributed by atoms with E-state index in [4.69, 9.17) is 0 Å². The highest BCUT2D eigenvalue weighted by Gasteiger charge is 2.63. The number of benzene rings is 3. The lowest BCUT2D eigenvalue weighted by Crippen LogP contribution is -2.34. The minimum Gasteiger partial charge on any atom is -0.274 e. The quantitative estimate of drug-likeness (QED) is 0.383. The van der Waals surface area contributed by atoms with Crippen molar-refractivity contribution in [2.45, 2.75) is 0 Å². The second kappa shape index (κ2) is 7.55. The molecule has 3 nitrogen and oxygen atoms in total. The summed E-state index contributed by atoms with van der Waals surface area (Å²) in [6, 6.07) is 20.5. The van der Waals surface area contributed by atoms with E-state index in [9.17, 15) is 22.8 Å². The number of rotatable bonds is 3. The van der Waals surface area contributed by atoms with Crippen LogP contribution in [0.25, 0.3) is 5.57 Å². The number of hydrogen-bond acceptors (Lipinski definition) is 2. The van der Waals surface area contributed by atoms with Gasteiger partial charge in [-0.3, -0.25) is 9.59 Å². The van der Waals surface area contributed by atoms with Crippen LogP contribution in [0.15, 0.2) is 90.5 Å². The summed E-state index contributed by atoms with van der Waals surface area (Å²) in [5.41, 5.74) is 3.06. The number of imide groups is 1. The van der Waals surface area contributed by atoms with E-state index in [0.29, 0.717) is 17.0 Å². The van der Waals surface area contributed by atoms with Gasteiger partial charge in [-0.2, -0.15) is 0 Å². The normalized spacial score (nSPS) is 24.8. The van der Waals surface area contributed by atoms with Crippen LogP contribution in [0, 0.1) is 41.1 Å². The van der Waals surface area contributed by atoms with Crippen molar-refractivity contribution < 1.29 is 22.8 Å². The van der Waals surface area contributed by atoms with Gasteiger partial charge in [-0.1, -0.05) is 72.8 Å². The van der Waals surface area contributed by atoms with Gasteiger partial charge in [0.25, 0.3) is 0 Å². The number of fused-ring (bicyclic) bond motifs is 5. The molecule has 2 bridgehead atoms. The predicted octanol–water partition coefficient (Wildman–Crippen LogP) is 5.53. The van der Waals surface area contributed by atoms with Crippen molar-refractivity contribution in [3.05, 3.63) is 119 Å². The summed E-state index contributed by atoms with van der Waals surface area (Å²) in [5, 5.41) is 0. The van der Waals surface area contributed by atoms with Crippen molar-refractivity contribution in [1.29, 1.82) is 0 Å². The molecule has 6 rings (SSSR count). The van der Waals surface area contributed by atoms with Crippen molar-refractivity contribution >= 4 is 23.1 Å². The number of nitrogens with zero attached hydrogens (tertiary/aromatic N) is 1. The maximum atomic E-state index is 14.5. The highest BCUT2D eigenvalue weighted by Crippen LogP contribution is 2.59. The van der Waals surface area contributed by atoms with Gasteiger partial charge in [-0.15, -0.1) is 0 Å². The molecular weight excluding hydrogens is 439 g/mol. The monoisotopic (exact) mass is 457 g/mol. The lowest BCUT2D eigenvalue weighted by atomic mass is 9.85. The SMILES string of the molecule is O=C1C2C3C=CC(C3=C(c3ccccc3)c3ccccc3)C2C(=O)N1c1c(F)cc(F)cc1F. The molecule has 0 radical (unpaired) electrons. The molecule has 34 heavy (non-hydrogen) atoms. The van der Waals surface area contributed by atoms with Crippen LogP contribution >= 0.6 is 0 Å². The number of halogens is 3. The first-order valence-corrected chi connectivity index (χ1v) is 11.0. The molecule has 1 aliphatic heterocycles. The standard InChI is InChI=1S/C28H18F3NO2/c29-17-13-20(30)26(21(31)14-17)32-27(33)24-18-11-12-19(25(24)28(32)34)23(18)22(15-7-3-1-4-8-15)16-9-5-2-6-10-16/h1-14,18-19,24-25H. The van der Waals surface area contributed by atoms with Gasteiger partial charge in [0.1, 0.15) is 11.5 Å². The molecule has 0 spiro atoms. The summed E-state index contributed by atoms with van der Waals surface area (Å²) in [7, 11) is 0. The third kappa shape index (κ3) is 2.84. The molecular formula is C28H18F3NO2. The molecule has 1 saturated heterocycles. The first-order valence-electron chi connectivity index (χ1n) is 11.0. The Morgan fingerprint density at radius 2 is 1.12 bits per heavy atom. The lowest BCUT2D eigenvalue weighted by molar-refractivity contribution is -0.123. The Kier molecular flexibility index (Phi) is 4.59. The largest absolute Gasteiger partial charge is 0.274 e. The molecule has 4 atom stereocenters. The van der Waals surface area contributed by atoms with E-state index in [1.54, 1.807) is 0 Å². The maximum Gasteiger partial charge on any atom is 0.238 e. The smallest absolute Gasteiger partial charge is 0.238 e. The van der Waals surface area contributed by atoms with Gasteiger partial charge >= 0.3 is 0 Å². The van der Waals surface area contributed by atoms with E-state index in [2.05, 4.69) is 0 Å². The van der Waals surface area contributed by atoms with Crippen LogP contribution < -0.4 is 4.90 Å². The van der Waals surface area contributed by atoms with Crippen LogP contribution in [-0.2, 0) is 9.59 Å². The van der Waals surface area contributed by atoms with Gasteiger partial charge in [-0.25, -0.2) is 18.1 Å². The molecule has 1 saturated carbocycles. The van der Waals surface area contributed by atoms with E-state index < -0.39 is 46.8 Å². The zero-order chi connectivity index (χ0) is 23.6. The van der Waals surface area contributed by atoms with Gasteiger partial charge in [0.15, 0.2) is 11.6 Å². The molecule has 6 heteroatoms. The Balaban J connectivity index is 1.50. The third-order valence-corrected chi connectivity index (χ3v) is 7.03. The summed E-state index contributed by atoms with van der Waals surface area (Å²) in [6.45, 7) is 0. The zero-order valence-electron chi connectivity index (χ0n) is 17.8. The number of carbonyl (C=O) groups is 2. The average Bonchev–Trinajstić information content (AvgIpc) is 3.46. The first-order chi connectivity index (χ1) is 16.5. The number of amides is 2. The van der Waals surface area contributed by atoms with Crippen molar-refractivity contribution in [2.75, 3.05) is 4.90 Å². The molecule has 2 aliphatic carbocycles. The van der Waals surface area contributed by atoms with Gasteiger partial charge in [0.05, 0.1) is 11.8 Å². The Morgan fingerprint density at radius 1 is 0.676 bits per heavy atom. The van der Waals surface area contributed by atoms with E-state index in [1.165, 1.54) is 0 Å². The van der Waals surface area contributed by atoms with Crippen LogP contribution in [0.3, 0.4) is 0 Å². The Labute approximate surface area is 193 Å². The van der Waals surface area contributed by atoms with Gasteiger partial charge < -0.3 is 0 Å². The fourth-order valence-electron chi connectivity index (χ4n) is 5.77. The van der Waals surface area contributed by atoms with E-state index in [0.717, 1.165) is 22.3 Å². The highest BCUT2D eigenvalue weighted by molar-refractivity contribution is 6.23. The first kappa shape index (κ1) is 20.7. The summed E-state index contributed by atoms with van der Waals surface area (Å²) in [4.78, 5) is 27.5. The summed E-state index contributed by atoms with van der Waals surface area (Å²) >= 11 is 0. The molecule has 168 valence electrons. The molecule has 0 N–H and O–H groups in total. The average molecular weight is 457 g/mol. The van der Waals surface area contributed by atoms with E-state index in [1.807, 2.05) is 72.8 Å². The number of hydrogen-bond donors (Lipinski definition) is 0. The van der Waals surface area contributed by atoms with Crippen LogP contribution in [0.2, 0.25) is 0 Å². The summed E-state index contributed by atoms with van der Waals surface area (Å²) in [6.07, 6.45) is 3.83. The van der Waals surface area contributed by atoms with E-state index in [-0.39, 0.29) is 11.8 Å². The molecule has 1 heterocycles. The minimum absolute atomic E-state index is 0.376. The Bertz CT molecular complexity index is 1300. The predicted molar refractivity (Wildman–Crippen MR) is 121 cm³/mol. The Morgan fingerprint density at radius 3 is 1.56 bits per heavy atom. The fraction of sp³-hybridized carbons (Fsp3) is 0.143. The van der Waals surface area contributed by atoms with Crippen LogP contribution in [-0.4, -0.2) is 11.8 Å². The Hall–Kier alpha value is -3.93. The highest BCUT2D eigenvalue weighted by atomic mass is 19.1. The topological polar surface area (TPSA) is 37.4 Å². The van der Waals surface area contributed by atoms with Crippen LogP contribution in [0.1, 0.15) is 11.1 Å². The van der Waals surface area contributed by atoms with Crippen LogP contribution in [0.5, 0.6) is 0 Å². The summed E-state index contributed by atoms with van der Waals surface area (Å²) in [5.74, 6) is -7.25. The number of anilines is 1. The van der Waals surface area contributed by atoms with Crippen molar-refractivity contribution in [2.24, 2.45) is 23.7 Å². The molecule has 2 fully saturated rings. The second-order valence-corrected chi connectivity index (χ2v) is 8.78. The third-order valence-electron chi connectivity index (χ3n) is 7.03. The minimum atomic E-state index is -1.27. The van der Waals surface area contributed by atoms with Gasteiger partial charge in [0, 0.05) is 24.0 Å². The van der Waals surface area contributed by atoms with Crippen molar-refractivity contribution in [3.63, 3.8) is 0 Å².